The lowest BCUT2D eigenvalue weighted by Gasteiger charge is -2.14. The molecule has 7 heteroatoms. The number of amides is 1. The Morgan fingerprint density at radius 1 is 1.65 bits per heavy atom. The Labute approximate surface area is 103 Å². The molecular formula is C10H15N3O3S. The van der Waals surface area contributed by atoms with E-state index in [4.69, 9.17) is 10.8 Å². The number of nitrogens with two attached hydrogens (primary N) is 1. The zero-order chi connectivity index (χ0) is 13.0. The SMILES string of the molecule is Cc1csc(C(C)NC(=O)C(N)CC(=O)O)n1. The second-order valence-electron chi connectivity index (χ2n) is 3.76. The molecule has 0 fully saturated rings. The molecule has 94 valence electrons. The molecule has 1 heterocycles. The highest BCUT2D eigenvalue weighted by Crippen LogP contribution is 2.17. The highest BCUT2D eigenvalue weighted by atomic mass is 32.1. The van der Waals surface area contributed by atoms with Crippen molar-refractivity contribution in [3.8, 4) is 0 Å². The largest absolute Gasteiger partial charge is 0.481 e. The van der Waals surface area contributed by atoms with Crippen molar-refractivity contribution in [1.29, 1.82) is 0 Å². The van der Waals surface area contributed by atoms with Crippen LogP contribution in [-0.4, -0.2) is 28.0 Å². The van der Waals surface area contributed by atoms with E-state index < -0.39 is 17.9 Å². The van der Waals surface area contributed by atoms with Crippen LogP contribution in [-0.2, 0) is 9.59 Å². The van der Waals surface area contributed by atoms with Gasteiger partial charge in [-0.2, -0.15) is 0 Å². The molecule has 0 saturated heterocycles. The molecule has 1 aromatic rings. The number of hydrogen-bond acceptors (Lipinski definition) is 5. The van der Waals surface area contributed by atoms with Gasteiger partial charge in [0.1, 0.15) is 5.01 Å². The van der Waals surface area contributed by atoms with Crippen molar-refractivity contribution >= 4 is 23.2 Å². The molecule has 17 heavy (non-hydrogen) atoms. The fourth-order valence-electron chi connectivity index (χ4n) is 1.23. The van der Waals surface area contributed by atoms with Crippen LogP contribution in [0.1, 0.15) is 30.1 Å². The number of nitrogens with one attached hydrogen (secondary N) is 1. The molecule has 2 unspecified atom stereocenters. The van der Waals surface area contributed by atoms with E-state index in [9.17, 15) is 9.59 Å². The fourth-order valence-corrected chi connectivity index (χ4v) is 2.04. The van der Waals surface area contributed by atoms with Crippen molar-refractivity contribution in [3.63, 3.8) is 0 Å². The molecule has 0 saturated carbocycles. The summed E-state index contributed by atoms with van der Waals surface area (Å²) in [5, 5.41) is 13.8. The highest BCUT2D eigenvalue weighted by molar-refractivity contribution is 7.09. The van der Waals surface area contributed by atoms with Crippen LogP contribution in [0.2, 0.25) is 0 Å². The van der Waals surface area contributed by atoms with E-state index in [0.717, 1.165) is 10.7 Å². The maximum absolute atomic E-state index is 11.5. The van der Waals surface area contributed by atoms with Crippen molar-refractivity contribution < 1.29 is 14.7 Å². The minimum absolute atomic E-state index is 0.263. The first-order chi connectivity index (χ1) is 7.90. The van der Waals surface area contributed by atoms with Gasteiger partial charge in [-0.15, -0.1) is 11.3 Å². The second kappa shape index (κ2) is 5.74. The van der Waals surface area contributed by atoms with E-state index in [-0.39, 0.29) is 12.5 Å². The Hall–Kier alpha value is -1.47. The number of carbonyl (C=O) groups excluding carboxylic acids is 1. The van der Waals surface area contributed by atoms with Gasteiger partial charge in [0.15, 0.2) is 0 Å². The van der Waals surface area contributed by atoms with Crippen LogP contribution in [0, 0.1) is 6.92 Å². The average molecular weight is 257 g/mol. The third-order valence-corrected chi connectivity index (χ3v) is 3.24. The topological polar surface area (TPSA) is 105 Å². The molecule has 0 bridgehead atoms. The van der Waals surface area contributed by atoms with Gasteiger partial charge in [0, 0.05) is 11.1 Å². The summed E-state index contributed by atoms with van der Waals surface area (Å²) in [7, 11) is 0. The average Bonchev–Trinajstić information content (AvgIpc) is 2.63. The Morgan fingerprint density at radius 3 is 2.76 bits per heavy atom. The molecule has 0 radical (unpaired) electrons. The Kier molecular flexibility index (Phi) is 4.59. The third kappa shape index (κ3) is 4.12. The van der Waals surface area contributed by atoms with Crippen LogP contribution in [0.3, 0.4) is 0 Å². The summed E-state index contributed by atoms with van der Waals surface area (Å²) in [5.74, 6) is -1.57. The van der Waals surface area contributed by atoms with E-state index in [2.05, 4.69) is 10.3 Å². The standard InChI is InChI=1S/C10H15N3O3S/c1-5-4-17-10(12-5)6(2)13-9(16)7(11)3-8(14)15/h4,6-7H,3,11H2,1-2H3,(H,13,16)(H,14,15). The van der Waals surface area contributed by atoms with Crippen molar-refractivity contribution in [2.45, 2.75) is 32.4 Å². The number of carboxylic acid groups (broad SMARTS) is 1. The lowest BCUT2D eigenvalue weighted by Crippen LogP contribution is -2.42. The summed E-state index contributed by atoms with van der Waals surface area (Å²) in [4.78, 5) is 26.2. The van der Waals surface area contributed by atoms with Crippen molar-refractivity contribution in [2.75, 3.05) is 0 Å². The molecule has 0 aliphatic rings. The minimum atomic E-state index is -1.09. The van der Waals surface area contributed by atoms with Crippen LogP contribution in [0.25, 0.3) is 0 Å². The number of carbonyl (C=O) groups is 2. The van der Waals surface area contributed by atoms with Crippen molar-refractivity contribution in [3.05, 3.63) is 16.1 Å². The normalized spacial score (nSPS) is 14.1. The zero-order valence-electron chi connectivity index (χ0n) is 9.64. The first-order valence-corrected chi connectivity index (χ1v) is 5.98. The van der Waals surface area contributed by atoms with Gasteiger partial charge < -0.3 is 16.2 Å². The van der Waals surface area contributed by atoms with Crippen LogP contribution in [0.15, 0.2) is 5.38 Å². The molecule has 1 aromatic heterocycles. The van der Waals surface area contributed by atoms with Gasteiger partial charge in [-0.3, -0.25) is 9.59 Å². The van der Waals surface area contributed by atoms with Gasteiger partial charge in [0.2, 0.25) is 5.91 Å². The molecular weight excluding hydrogens is 242 g/mol. The van der Waals surface area contributed by atoms with Gasteiger partial charge in [0.25, 0.3) is 0 Å². The summed E-state index contributed by atoms with van der Waals surface area (Å²) in [6.45, 7) is 3.65. The Morgan fingerprint density at radius 2 is 2.29 bits per heavy atom. The summed E-state index contributed by atoms with van der Waals surface area (Å²) < 4.78 is 0. The maximum atomic E-state index is 11.5. The number of aromatic nitrogens is 1. The predicted molar refractivity (Wildman–Crippen MR) is 63.6 cm³/mol. The quantitative estimate of drug-likeness (QED) is 0.709. The van der Waals surface area contributed by atoms with Crippen molar-refractivity contribution in [1.82, 2.24) is 10.3 Å². The number of hydrogen-bond donors (Lipinski definition) is 3. The number of aliphatic carboxylic acids is 1. The Bertz CT molecular complexity index is 419. The number of carboxylic acids is 1. The third-order valence-electron chi connectivity index (χ3n) is 2.10. The van der Waals surface area contributed by atoms with E-state index in [1.807, 2.05) is 12.3 Å². The van der Waals surface area contributed by atoms with Crippen molar-refractivity contribution in [2.24, 2.45) is 5.73 Å². The molecule has 0 aliphatic heterocycles. The lowest BCUT2D eigenvalue weighted by molar-refractivity contribution is -0.139. The van der Waals surface area contributed by atoms with Crippen LogP contribution >= 0.6 is 11.3 Å². The zero-order valence-corrected chi connectivity index (χ0v) is 10.5. The molecule has 0 spiro atoms. The van der Waals surface area contributed by atoms with E-state index >= 15 is 0 Å². The van der Waals surface area contributed by atoms with Gasteiger partial charge in [-0.05, 0) is 13.8 Å². The van der Waals surface area contributed by atoms with Gasteiger partial charge in [-0.25, -0.2) is 4.98 Å². The van der Waals surface area contributed by atoms with E-state index in [0.29, 0.717) is 0 Å². The first-order valence-electron chi connectivity index (χ1n) is 5.10. The number of rotatable bonds is 5. The molecule has 0 aliphatic carbocycles. The highest BCUT2D eigenvalue weighted by Gasteiger charge is 2.20. The number of aryl methyl sites for hydroxylation is 1. The van der Waals surface area contributed by atoms with E-state index in [1.54, 1.807) is 6.92 Å². The minimum Gasteiger partial charge on any atom is -0.481 e. The first kappa shape index (κ1) is 13.6. The van der Waals surface area contributed by atoms with Gasteiger partial charge >= 0.3 is 5.97 Å². The Balaban J connectivity index is 2.53. The predicted octanol–water partition coefficient (Wildman–Crippen LogP) is 0.431. The van der Waals surface area contributed by atoms with Gasteiger partial charge in [-0.1, -0.05) is 0 Å². The maximum Gasteiger partial charge on any atom is 0.305 e. The summed E-state index contributed by atoms with van der Waals surface area (Å²) in [5.41, 5.74) is 6.33. The molecule has 0 aromatic carbocycles. The van der Waals surface area contributed by atoms with Crippen LogP contribution in [0.5, 0.6) is 0 Å². The molecule has 6 nitrogen and oxygen atoms in total. The van der Waals surface area contributed by atoms with Crippen LogP contribution < -0.4 is 11.1 Å². The number of nitrogens with zero attached hydrogens (tertiary/aromatic N) is 1. The second-order valence-corrected chi connectivity index (χ2v) is 4.65. The summed E-state index contributed by atoms with van der Waals surface area (Å²) in [6, 6.07) is -1.29. The summed E-state index contributed by atoms with van der Waals surface area (Å²) in [6.07, 6.45) is -0.380. The lowest BCUT2D eigenvalue weighted by atomic mass is 10.2. The monoisotopic (exact) mass is 257 g/mol. The smallest absolute Gasteiger partial charge is 0.305 e. The molecule has 1 rings (SSSR count). The number of thiazole rings is 1. The summed E-state index contributed by atoms with van der Waals surface area (Å²) >= 11 is 1.44. The van der Waals surface area contributed by atoms with Crippen LogP contribution in [0.4, 0.5) is 0 Å². The van der Waals surface area contributed by atoms with E-state index in [1.165, 1.54) is 11.3 Å². The fraction of sp³-hybridized carbons (Fsp3) is 0.500. The molecule has 1 amide bonds. The molecule has 4 N–H and O–H groups in total. The molecule has 2 atom stereocenters. The van der Waals surface area contributed by atoms with Gasteiger partial charge in [0.05, 0.1) is 18.5 Å².